The Labute approximate surface area is 82.6 Å². The zero-order valence-electron chi connectivity index (χ0n) is 7.60. The van der Waals surface area contributed by atoms with Crippen molar-refractivity contribution in [2.75, 3.05) is 12.4 Å². The van der Waals surface area contributed by atoms with Gasteiger partial charge in [0.2, 0.25) is 0 Å². The van der Waals surface area contributed by atoms with Crippen molar-refractivity contribution in [1.82, 2.24) is 0 Å². The topological polar surface area (TPSA) is 40.5 Å². The summed E-state index contributed by atoms with van der Waals surface area (Å²) in [6, 6.07) is 8.09. The molecule has 2 nitrogen and oxygen atoms in total. The summed E-state index contributed by atoms with van der Waals surface area (Å²) in [7, 11) is 0. The fraction of sp³-hybridized carbons (Fsp3) is 0.400. The van der Waals surface area contributed by atoms with E-state index < -0.39 is 6.10 Å². The van der Waals surface area contributed by atoms with Crippen LogP contribution in [0, 0.1) is 6.92 Å². The van der Waals surface area contributed by atoms with Crippen LogP contribution in [0.15, 0.2) is 29.2 Å². The van der Waals surface area contributed by atoms with Crippen molar-refractivity contribution in [3.05, 3.63) is 29.8 Å². The molecule has 1 aromatic carbocycles. The van der Waals surface area contributed by atoms with Gasteiger partial charge in [0, 0.05) is 10.6 Å². The monoisotopic (exact) mass is 198 g/mol. The Morgan fingerprint density at radius 2 is 2.23 bits per heavy atom. The van der Waals surface area contributed by atoms with Crippen molar-refractivity contribution in [3.8, 4) is 0 Å². The van der Waals surface area contributed by atoms with Gasteiger partial charge in [-0.1, -0.05) is 17.7 Å². The lowest BCUT2D eigenvalue weighted by Gasteiger charge is -2.06. The minimum atomic E-state index is -0.620. The Kier molecular flexibility index (Phi) is 4.28. The van der Waals surface area contributed by atoms with Crippen molar-refractivity contribution in [2.24, 2.45) is 0 Å². The summed E-state index contributed by atoms with van der Waals surface area (Å²) in [6.45, 7) is 1.87. The molecule has 0 fully saturated rings. The number of aliphatic hydroxyl groups excluding tert-OH is 2. The molecule has 0 amide bonds. The molecule has 72 valence electrons. The second kappa shape index (κ2) is 5.27. The first-order valence-electron chi connectivity index (χ1n) is 4.21. The van der Waals surface area contributed by atoms with E-state index >= 15 is 0 Å². The van der Waals surface area contributed by atoms with Crippen LogP contribution < -0.4 is 0 Å². The summed E-state index contributed by atoms with van der Waals surface area (Å²) in [5, 5.41) is 17.7. The highest BCUT2D eigenvalue weighted by Crippen LogP contribution is 2.19. The smallest absolute Gasteiger partial charge is 0.0864 e. The van der Waals surface area contributed by atoms with Crippen molar-refractivity contribution in [1.29, 1.82) is 0 Å². The van der Waals surface area contributed by atoms with E-state index in [0.29, 0.717) is 5.75 Å². The predicted octanol–water partition coefficient (Wildman–Crippen LogP) is 1.44. The minimum absolute atomic E-state index is 0.168. The summed E-state index contributed by atoms with van der Waals surface area (Å²) in [6.07, 6.45) is -0.620. The molecule has 13 heavy (non-hydrogen) atoms. The van der Waals surface area contributed by atoms with Crippen LogP contribution in [-0.2, 0) is 0 Å². The molecule has 0 radical (unpaired) electrons. The molecule has 1 unspecified atom stereocenters. The highest BCUT2D eigenvalue weighted by atomic mass is 32.2. The van der Waals surface area contributed by atoms with E-state index in [2.05, 4.69) is 6.07 Å². The molecule has 0 aliphatic carbocycles. The number of hydrogen-bond acceptors (Lipinski definition) is 3. The molecule has 0 aliphatic rings. The Morgan fingerprint density at radius 1 is 1.46 bits per heavy atom. The SMILES string of the molecule is Cc1cccc(SCC(O)CO)c1. The fourth-order valence-corrected chi connectivity index (χ4v) is 1.88. The van der Waals surface area contributed by atoms with Gasteiger partial charge in [0.05, 0.1) is 12.7 Å². The van der Waals surface area contributed by atoms with Crippen LogP contribution in [-0.4, -0.2) is 28.7 Å². The number of aliphatic hydroxyl groups is 2. The quantitative estimate of drug-likeness (QED) is 0.719. The Morgan fingerprint density at radius 3 is 2.85 bits per heavy atom. The molecule has 0 saturated carbocycles. The maximum atomic E-state index is 9.12. The van der Waals surface area contributed by atoms with E-state index in [1.165, 1.54) is 5.56 Å². The van der Waals surface area contributed by atoms with Crippen LogP contribution in [0.25, 0.3) is 0 Å². The molecular formula is C10H14O2S. The van der Waals surface area contributed by atoms with Gasteiger partial charge in [0.25, 0.3) is 0 Å². The summed E-state index contributed by atoms with van der Waals surface area (Å²) in [4.78, 5) is 1.13. The fourth-order valence-electron chi connectivity index (χ4n) is 0.950. The third-order valence-electron chi connectivity index (χ3n) is 1.64. The maximum absolute atomic E-state index is 9.12. The lowest BCUT2D eigenvalue weighted by molar-refractivity contribution is 0.113. The molecule has 0 aromatic heterocycles. The summed E-state index contributed by atoms with van der Waals surface area (Å²) >= 11 is 1.56. The largest absolute Gasteiger partial charge is 0.394 e. The van der Waals surface area contributed by atoms with Gasteiger partial charge in [0.15, 0.2) is 0 Å². The number of benzene rings is 1. The third-order valence-corrected chi connectivity index (χ3v) is 2.78. The van der Waals surface area contributed by atoms with Crippen LogP contribution in [0.4, 0.5) is 0 Å². The van der Waals surface area contributed by atoms with E-state index in [9.17, 15) is 0 Å². The molecule has 2 N–H and O–H groups in total. The number of rotatable bonds is 4. The first-order chi connectivity index (χ1) is 6.22. The van der Waals surface area contributed by atoms with Gasteiger partial charge >= 0.3 is 0 Å². The summed E-state index contributed by atoms with van der Waals surface area (Å²) in [5.41, 5.74) is 1.21. The van der Waals surface area contributed by atoms with Gasteiger partial charge < -0.3 is 10.2 Å². The number of aryl methyl sites for hydroxylation is 1. The second-order valence-corrected chi connectivity index (χ2v) is 4.06. The minimum Gasteiger partial charge on any atom is -0.394 e. The zero-order valence-corrected chi connectivity index (χ0v) is 8.42. The highest BCUT2D eigenvalue weighted by Gasteiger charge is 2.02. The summed E-state index contributed by atoms with van der Waals surface area (Å²) in [5.74, 6) is 0.542. The Bertz CT molecular complexity index is 263. The number of thioether (sulfide) groups is 1. The van der Waals surface area contributed by atoms with Gasteiger partial charge in [-0.05, 0) is 19.1 Å². The van der Waals surface area contributed by atoms with Crippen LogP contribution in [0.3, 0.4) is 0 Å². The van der Waals surface area contributed by atoms with Crippen LogP contribution in [0.2, 0.25) is 0 Å². The predicted molar refractivity (Wildman–Crippen MR) is 55.0 cm³/mol. The molecule has 0 bridgehead atoms. The molecule has 0 aliphatic heterocycles. The van der Waals surface area contributed by atoms with E-state index in [1.54, 1.807) is 11.8 Å². The zero-order chi connectivity index (χ0) is 9.68. The molecule has 0 spiro atoms. The lowest BCUT2D eigenvalue weighted by atomic mass is 10.2. The third kappa shape index (κ3) is 3.81. The molecule has 3 heteroatoms. The van der Waals surface area contributed by atoms with Gasteiger partial charge in [-0.2, -0.15) is 0 Å². The highest BCUT2D eigenvalue weighted by molar-refractivity contribution is 7.99. The van der Waals surface area contributed by atoms with E-state index in [4.69, 9.17) is 10.2 Å². The second-order valence-electron chi connectivity index (χ2n) is 2.96. The lowest BCUT2D eigenvalue weighted by Crippen LogP contribution is -2.14. The standard InChI is InChI=1S/C10H14O2S/c1-8-3-2-4-10(5-8)13-7-9(12)6-11/h2-5,9,11-12H,6-7H2,1H3. The van der Waals surface area contributed by atoms with Crippen LogP contribution in [0.5, 0.6) is 0 Å². The molecule has 1 aromatic rings. The van der Waals surface area contributed by atoms with Gasteiger partial charge in [-0.3, -0.25) is 0 Å². The number of hydrogen-bond donors (Lipinski definition) is 2. The average molecular weight is 198 g/mol. The normalized spacial score (nSPS) is 12.8. The van der Waals surface area contributed by atoms with Crippen molar-refractivity contribution < 1.29 is 10.2 Å². The maximum Gasteiger partial charge on any atom is 0.0864 e. The molecule has 1 rings (SSSR count). The summed E-state index contributed by atoms with van der Waals surface area (Å²) < 4.78 is 0. The van der Waals surface area contributed by atoms with Crippen LogP contribution in [0.1, 0.15) is 5.56 Å². The first kappa shape index (κ1) is 10.6. The van der Waals surface area contributed by atoms with E-state index in [-0.39, 0.29) is 6.61 Å². The van der Waals surface area contributed by atoms with Crippen molar-refractivity contribution in [3.63, 3.8) is 0 Å². The van der Waals surface area contributed by atoms with Gasteiger partial charge in [0.1, 0.15) is 0 Å². The molecule has 0 saturated heterocycles. The Balaban J connectivity index is 2.45. The van der Waals surface area contributed by atoms with Crippen LogP contribution >= 0.6 is 11.8 Å². The Hall–Kier alpha value is -0.510. The van der Waals surface area contributed by atoms with Crippen molar-refractivity contribution >= 4 is 11.8 Å². The molecular weight excluding hydrogens is 184 g/mol. The first-order valence-corrected chi connectivity index (χ1v) is 5.19. The molecule has 1 atom stereocenters. The molecule has 0 heterocycles. The van der Waals surface area contributed by atoms with E-state index in [1.807, 2.05) is 25.1 Å². The van der Waals surface area contributed by atoms with Gasteiger partial charge in [-0.25, -0.2) is 0 Å². The average Bonchev–Trinajstić information content (AvgIpc) is 2.14. The van der Waals surface area contributed by atoms with Gasteiger partial charge in [-0.15, -0.1) is 11.8 Å². The van der Waals surface area contributed by atoms with Crippen molar-refractivity contribution in [2.45, 2.75) is 17.9 Å². The van der Waals surface area contributed by atoms with E-state index in [0.717, 1.165) is 4.90 Å².